The molecule has 150 valence electrons. The van der Waals surface area contributed by atoms with Crippen LogP contribution in [0, 0.1) is 3.57 Å². The molecule has 1 N–H and O–H groups in total. The third-order valence-corrected chi connectivity index (χ3v) is 5.77. The van der Waals surface area contributed by atoms with E-state index in [0.717, 1.165) is 31.5 Å². The van der Waals surface area contributed by atoms with Gasteiger partial charge in [-0.1, -0.05) is 6.07 Å². The number of methoxy groups -OCH3 is 2. The van der Waals surface area contributed by atoms with E-state index in [9.17, 15) is 14.4 Å². The molecular weight excluding hydrogens is 507 g/mol. The summed E-state index contributed by atoms with van der Waals surface area (Å²) in [5.41, 5.74) is 1.31. The fraction of sp³-hybridized carbons (Fsp3) is 0.150. The molecule has 1 aliphatic rings. The number of hydrogen-bond acceptors (Lipinski definition) is 6. The number of thioether (sulfide) groups is 1. The van der Waals surface area contributed by atoms with Crippen LogP contribution in [-0.4, -0.2) is 42.7 Å². The number of imide groups is 1. The predicted octanol–water partition coefficient (Wildman–Crippen LogP) is 3.98. The van der Waals surface area contributed by atoms with Crippen molar-refractivity contribution in [2.45, 2.75) is 0 Å². The van der Waals surface area contributed by atoms with Gasteiger partial charge in [-0.15, -0.1) is 0 Å². The Bertz CT molecular complexity index is 991. The van der Waals surface area contributed by atoms with Crippen molar-refractivity contribution < 1.29 is 23.9 Å². The summed E-state index contributed by atoms with van der Waals surface area (Å²) in [6.07, 6.45) is 1.63. The van der Waals surface area contributed by atoms with Crippen LogP contribution in [-0.2, 0) is 9.59 Å². The van der Waals surface area contributed by atoms with Crippen LogP contribution in [0.5, 0.6) is 11.5 Å². The van der Waals surface area contributed by atoms with E-state index in [2.05, 4.69) is 27.9 Å². The van der Waals surface area contributed by atoms with Gasteiger partial charge in [0.15, 0.2) is 0 Å². The molecule has 1 saturated heterocycles. The Morgan fingerprint density at radius 3 is 2.48 bits per heavy atom. The highest BCUT2D eigenvalue weighted by molar-refractivity contribution is 14.1. The number of carbonyl (C=O) groups is 3. The molecule has 29 heavy (non-hydrogen) atoms. The van der Waals surface area contributed by atoms with Gasteiger partial charge in [-0.05, 0) is 82.4 Å². The van der Waals surface area contributed by atoms with Crippen LogP contribution >= 0.6 is 34.4 Å². The van der Waals surface area contributed by atoms with Gasteiger partial charge < -0.3 is 14.8 Å². The number of rotatable bonds is 6. The van der Waals surface area contributed by atoms with Crippen LogP contribution < -0.4 is 14.8 Å². The van der Waals surface area contributed by atoms with Gasteiger partial charge in [0.2, 0.25) is 5.91 Å². The van der Waals surface area contributed by atoms with Crippen molar-refractivity contribution in [2.75, 3.05) is 26.1 Å². The number of hydrogen-bond donors (Lipinski definition) is 1. The lowest BCUT2D eigenvalue weighted by Crippen LogP contribution is -2.36. The highest BCUT2D eigenvalue weighted by atomic mass is 127. The second kappa shape index (κ2) is 9.31. The lowest BCUT2D eigenvalue weighted by Gasteiger charge is -2.12. The maximum atomic E-state index is 12.6. The van der Waals surface area contributed by atoms with E-state index in [1.165, 1.54) is 0 Å². The molecule has 1 heterocycles. The Kier molecular flexibility index (Phi) is 6.80. The standard InChI is InChI=1S/C20H17IN2O5S/c1-27-14-6-4-13(5-7-14)22-18(24)11-23-19(25)17(29-20(23)26)10-12-3-8-16(28-2)15(21)9-12/h3-10H,11H2,1-2H3,(H,22,24)/b17-10-. The van der Waals surface area contributed by atoms with Gasteiger partial charge in [0.05, 0.1) is 22.7 Å². The smallest absolute Gasteiger partial charge is 0.294 e. The topological polar surface area (TPSA) is 84.9 Å². The van der Waals surface area contributed by atoms with Crippen molar-refractivity contribution in [1.82, 2.24) is 4.90 Å². The average molecular weight is 524 g/mol. The first kappa shape index (κ1) is 21.2. The molecular formula is C20H17IN2O5S. The van der Waals surface area contributed by atoms with Gasteiger partial charge in [0.1, 0.15) is 18.0 Å². The van der Waals surface area contributed by atoms with E-state index < -0.39 is 17.1 Å². The van der Waals surface area contributed by atoms with Crippen LogP contribution in [0.2, 0.25) is 0 Å². The highest BCUT2D eigenvalue weighted by Gasteiger charge is 2.36. The molecule has 0 saturated carbocycles. The normalized spacial score (nSPS) is 15.0. The fourth-order valence-corrected chi connectivity index (χ4v) is 4.18. The minimum absolute atomic E-state index is 0.271. The van der Waals surface area contributed by atoms with E-state index >= 15 is 0 Å². The molecule has 0 radical (unpaired) electrons. The summed E-state index contributed by atoms with van der Waals surface area (Å²) in [4.78, 5) is 38.3. The lowest BCUT2D eigenvalue weighted by atomic mass is 10.2. The number of anilines is 1. The number of amides is 3. The van der Waals surface area contributed by atoms with E-state index in [-0.39, 0.29) is 11.4 Å². The van der Waals surface area contributed by atoms with Crippen molar-refractivity contribution in [3.8, 4) is 11.5 Å². The zero-order valence-corrected chi connectivity index (χ0v) is 18.6. The first-order valence-corrected chi connectivity index (χ1v) is 10.3. The monoisotopic (exact) mass is 524 g/mol. The van der Waals surface area contributed by atoms with Crippen LogP contribution in [0.15, 0.2) is 47.4 Å². The molecule has 2 aromatic carbocycles. The zero-order chi connectivity index (χ0) is 21.0. The first-order valence-electron chi connectivity index (χ1n) is 8.44. The number of carbonyl (C=O) groups excluding carboxylic acids is 3. The van der Waals surface area contributed by atoms with E-state index in [0.29, 0.717) is 11.4 Å². The van der Waals surface area contributed by atoms with Crippen LogP contribution in [0.3, 0.4) is 0 Å². The quantitative estimate of drug-likeness (QED) is 0.455. The van der Waals surface area contributed by atoms with Crippen LogP contribution in [0.1, 0.15) is 5.56 Å². The van der Waals surface area contributed by atoms with E-state index in [4.69, 9.17) is 9.47 Å². The molecule has 0 atom stereocenters. The Morgan fingerprint density at radius 2 is 1.86 bits per heavy atom. The van der Waals surface area contributed by atoms with Gasteiger partial charge in [-0.25, -0.2) is 0 Å². The predicted molar refractivity (Wildman–Crippen MR) is 120 cm³/mol. The SMILES string of the molecule is COc1ccc(NC(=O)CN2C(=O)S/C(=C\c3ccc(OC)c(I)c3)C2=O)cc1. The summed E-state index contributed by atoms with van der Waals surface area (Å²) in [6.45, 7) is -0.353. The Morgan fingerprint density at radius 1 is 1.14 bits per heavy atom. The molecule has 0 bridgehead atoms. The van der Waals surface area contributed by atoms with Crippen molar-refractivity contribution in [3.05, 3.63) is 56.5 Å². The lowest BCUT2D eigenvalue weighted by molar-refractivity contribution is -0.127. The van der Waals surface area contributed by atoms with Crippen molar-refractivity contribution in [3.63, 3.8) is 0 Å². The fourth-order valence-electron chi connectivity index (χ4n) is 2.58. The van der Waals surface area contributed by atoms with Gasteiger partial charge in [0.25, 0.3) is 11.1 Å². The molecule has 7 nitrogen and oxygen atoms in total. The van der Waals surface area contributed by atoms with Crippen LogP contribution in [0.4, 0.5) is 10.5 Å². The Labute approximate surface area is 185 Å². The van der Waals surface area contributed by atoms with Gasteiger partial charge >= 0.3 is 0 Å². The van der Waals surface area contributed by atoms with Crippen LogP contribution in [0.25, 0.3) is 6.08 Å². The molecule has 0 aromatic heterocycles. The first-order chi connectivity index (χ1) is 13.9. The molecule has 1 fully saturated rings. The number of nitrogens with zero attached hydrogens (tertiary/aromatic N) is 1. The summed E-state index contributed by atoms with van der Waals surface area (Å²) in [5, 5.41) is 2.18. The average Bonchev–Trinajstić information content (AvgIpc) is 2.96. The highest BCUT2D eigenvalue weighted by Crippen LogP contribution is 2.33. The number of ether oxygens (including phenoxy) is 2. The number of nitrogens with one attached hydrogen (secondary N) is 1. The maximum absolute atomic E-state index is 12.6. The molecule has 3 rings (SSSR count). The molecule has 2 aromatic rings. The zero-order valence-electron chi connectivity index (χ0n) is 15.6. The second-order valence-corrected chi connectivity index (χ2v) is 8.09. The summed E-state index contributed by atoms with van der Waals surface area (Å²) in [7, 11) is 3.13. The summed E-state index contributed by atoms with van der Waals surface area (Å²) < 4.78 is 11.2. The third kappa shape index (κ3) is 5.10. The molecule has 0 unspecified atom stereocenters. The third-order valence-electron chi connectivity index (χ3n) is 4.02. The maximum Gasteiger partial charge on any atom is 0.294 e. The van der Waals surface area contributed by atoms with Crippen molar-refractivity contribution >= 4 is 63.2 Å². The molecule has 1 aliphatic heterocycles. The number of halogens is 1. The van der Waals surface area contributed by atoms with Crippen molar-refractivity contribution in [2.24, 2.45) is 0 Å². The minimum Gasteiger partial charge on any atom is -0.497 e. The molecule has 0 aliphatic carbocycles. The molecule has 3 amide bonds. The molecule has 9 heteroatoms. The van der Waals surface area contributed by atoms with E-state index in [1.54, 1.807) is 56.7 Å². The summed E-state index contributed by atoms with van der Waals surface area (Å²) in [6, 6.07) is 12.2. The van der Waals surface area contributed by atoms with Gasteiger partial charge in [-0.2, -0.15) is 0 Å². The van der Waals surface area contributed by atoms with Gasteiger partial charge in [0, 0.05) is 5.69 Å². The van der Waals surface area contributed by atoms with Crippen molar-refractivity contribution in [1.29, 1.82) is 0 Å². The van der Waals surface area contributed by atoms with Gasteiger partial charge in [-0.3, -0.25) is 19.3 Å². The second-order valence-electron chi connectivity index (χ2n) is 5.94. The minimum atomic E-state index is -0.490. The number of benzene rings is 2. The largest absolute Gasteiger partial charge is 0.497 e. The summed E-state index contributed by atoms with van der Waals surface area (Å²) >= 11 is 2.95. The summed E-state index contributed by atoms with van der Waals surface area (Å²) in [5.74, 6) is 0.437. The Hall–Kier alpha value is -2.53. The van der Waals surface area contributed by atoms with E-state index in [1.807, 2.05) is 6.07 Å². The molecule has 0 spiro atoms. The Balaban J connectivity index is 1.68.